The van der Waals surface area contributed by atoms with Crippen LogP contribution in [-0.2, 0) is 10.0 Å². The molecule has 0 saturated heterocycles. The summed E-state index contributed by atoms with van der Waals surface area (Å²) in [6, 6.07) is 6.72. The third-order valence-electron chi connectivity index (χ3n) is 3.59. The first-order valence-electron chi connectivity index (χ1n) is 7.19. The van der Waals surface area contributed by atoms with Crippen LogP contribution in [0.5, 0.6) is 0 Å². The molecule has 0 saturated carbocycles. The minimum atomic E-state index is -3.49. The first-order chi connectivity index (χ1) is 9.31. The number of benzene rings is 1. The van der Waals surface area contributed by atoms with Crippen LogP contribution in [0.2, 0.25) is 0 Å². The van der Waals surface area contributed by atoms with E-state index in [1.54, 1.807) is 18.2 Å². The molecule has 0 bridgehead atoms. The largest absolute Gasteiger partial charge is 0.324 e. The molecule has 0 aliphatic rings. The van der Waals surface area contributed by atoms with E-state index in [9.17, 15) is 8.42 Å². The van der Waals surface area contributed by atoms with Gasteiger partial charge in [0.15, 0.2) is 0 Å². The van der Waals surface area contributed by atoms with Crippen molar-refractivity contribution in [1.82, 2.24) is 4.72 Å². The Labute approximate surface area is 122 Å². The number of hydrogen-bond donors (Lipinski definition) is 2. The second kappa shape index (κ2) is 7.20. The highest BCUT2D eigenvalue weighted by atomic mass is 32.2. The Hall–Kier alpha value is -0.910. The summed E-state index contributed by atoms with van der Waals surface area (Å²) in [7, 11) is -3.49. The molecule has 1 rings (SSSR count). The molecule has 114 valence electrons. The van der Waals surface area contributed by atoms with Gasteiger partial charge in [-0.2, -0.15) is 0 Å². The highest BCUT2D eigenvalue weighted by molar-refractivity contribution is 7.89. The maximum Gasteiger partial charge on any atom is 0.240 e. The first kappa shape index (κ1) is 17.1. The summed E-state index contributed by atoms with van der Waals surface area (Å²) in [4.78, 5) is 0.290. The van der Waals surface area contributed by atoms with E-state index in [0.717, 1.165) is 18.4 Å². The van der Waals surface area contributed by atoms with Gasteiger partial charge in [0.1, 0.15) is 0 Å². The highest BCUT2D eigenvalue weighted by Gasteiger charge is 2.21. The average Bonchev–Trinajstić information content (AvgIpc) is 2.43. The van der Waals surface area contributed by atoms with Gasteiger partial charge in [0.05, 0.1) is 4.90 Å². The molecular weight excluding hydrogens is 272 g/mol. The van der Waals surface area contributed by atoms with Gasteiger partial charge in [-0.05, 0) is 36.5 Å². The fourth-order valence-electron chi connectivity index (χ4n) is 2.11. The number of rotatable bonds is 7. The highest BCUT2D eigenvalue weighted by Crippen LogP contribution is 2.19. The van der Waals surface area contributed by atoms with Crippen LogP contribution >= 0.6 is 0 Å². The molecule has 2 unspecified atom stereocenters. The van der Waals surface area contributed by atoms with Crippen LogP contribution in [0.1, 0.15) is 52.1 Å². The van der Waals surface area contributed by atoms with Crippen molar-refractivity contribution >= 4 is 10.0 Å². The average molecular weight is 298 g/mol. The zero-order valence-electron chi connectivity index (χ0n) is 12.8. The third kappa shape index (κ3) is 4.30. The quantitative estimate of drug-likeness (QED) is 0.813. The van der Waals surface area contributed by atoms with Gasteiger partial charge in [0, 0.05) is 12.1 Å². The van der Waals surface area contributed by atoms with E-state index in [-0.39, 0.29) is 22.9 Å². The van der Waals surface area contributed by atoms with Crippen LogP contribution in [0.25, 0.3) is 0 Å². The number of nitrogens with two attached hydrogens (primary N) is 1. The third-order valence-corrected chi connectivity index (χ3v) is 5.08. The predicted molar refractivity (Wildman–Crippen MR) is 82.9 cm³/mol. The Bertz CT molecular complexity index is 526. The lowest BCUT2D eigenvalue weighted by Crippen LogP contribution is -2.38. The number of nitrogens with one attached hydrogen (secondary N) is 1. The predicted octanol–water partition coefficient (Wildman–Crippen LogP) is 2.81. The molecule has 3 N–H and O–H groups in total. The van der Waals surface area contributed by atoms with Crippen molar-refractivity contribution in [2.75, 3.05) is 0 Å². The van der Waals surface area contributed by atoms with Crippen molar-refractivity contribution in [3.63, 3.8) is 0 Å². The van der Waals surface area contributed by atoms with E-state index >= 15 is 0 Å². The van der Waals surface area contributed by atoms with Gasteiger partial charge in [-0.15, -0.1) is 0 Å². The second-order valence-corrected chi connectivity index (χ2v) is 7.18. The SMILES string of the molecule is CCC(N)c1cccc(S(=O)(=O)NC(CC)C(C)C)c1. The van der Waals surface area contributed by atoms with Crippen LogP contribution in [-0.4, -0.2) is 14.5 Å². The lowest BCUT2D eigenvalue weighted by atomic mass is 10.0. The Morgan fingerprint density at radius 3 is 2.35 bits per heavy atom. The van der Waals surface area contributed by atoms with Gasteiger partial charge in [-0.25, -0.2) is 13.1 Å². The maximum atomic E-state index is 12.4. The van der Waals surface area contributed by atoms with Crippen LogP contribution < -0.4 is 10.5 Å². The van der Waals surface area contributed by atoms with Gasteiger partial charge in [0.2, 0.25) is 10.0 Å². The van der Waals surface area contributed by atoms with Crippen molar-refractivity contribution in [3.05, 3.63) is 29.8 Å². The lowest BCUT2D eigenvalue weighted by Gasteiger charge is -2.21. The molecule has 0 spiro atoms. The molecule has 0 aliphatic carbocycles. The summed E-state index contributed by atoms with van der Waals surface area (Å²) in [5.41, 5.74) is 6.82. The van der Waals surface area contributed by atoms with Gasteiger partial charge >= 0.3 is 0 Å². The summed E-state index contributed by atoms with van der Waals surface area (Å²) in [5, 5.41) is 0. The van der Waals surface area contributed by atoms with Crippen molar-refractivity contribution in [1.29, 1.82) is 0 Å². The number of hydrogen-bond acceptors (Lipinski definition) is 3. The molecule has 0 amide bonds. The first-order valence-corrected chi connectivity index (χ1v) is 8.68. The molecule has 2 atom stereocenters. The molecule has 0 radical (unpaired) electrons. The summed E-state index contributed by atoms with van der Waals surface area (Å²) in [5.74, 6) is 0.260. The van der Waals surface area contributed by atoms with Crippen LogP contribution in [0.3, 0.4) is 0 Å². The van der Waals surface area contributed by atoms with Gasteiger partial charge in [0.25, 0.3) is 0 Å². The second-order valence-electron chi connectivity index (χ2n) is 5.47. The maximum absolute atomic E-state index is 12.4. The summed E-state index contributed by atoms with van der Waals surface area (Å²) < 4.78 is 27.6. The Morgan fingerprint density at radius 2 is 1.85 bits per heavy atom. The molecular formula is C15H26N2O2S. The van der Waals surface area contributed by atoms with E-state index in [1.165, 1.54) is 0 Å². The van der Waals surface area contributed by atoms with E-state index in [1.807, 2.05) is 33.8 Å². The molecule has 0 heterocycles. The minimum absolute atomic E-state index is 0.0523. The van der Waals surface area contributed by atoms with E-state index < -0.39 is 10.0 Å². The molecule has 4 nitrogen and oxygen atoms in total. The van der Waals surface area contributed by atoms with Gasteiger partial charge in [-0.3, -0.25) is 0 Å². The standard InChI is InChI=1S/C15H26N2O2S/c1-5-14(16)12-8-7-9-13(10-12)20(18,19)17-15(6-2)11(3)4/h7-11,14-15,17H,5-6,16H2,1-4H3. The molecule has 0 fully saturated rings. The Kier molecular flexibility index (Phi) is 6.17. The van der Waals surface area contributed by atoms with Crippen LogP contribution in [0, 0.1) is 5.92 Å². The fourth-order valence-corrected chi connectivity index (χ4v) is 3.63. The molecule has 0 aliphatic heterocycles. The monoisotopic (exact) mass is 298 g/mol. The topological polar surface area (TPSA) is 72.2 Å². The smallest absolute Gasteiger partial charge is 0.240 e. The van der Waals surface area contributed by atoms with Crippen molar-refractivity contribution < 1.29 is 8.42 Å². The molecule has 1 aromatic carbocycles. The normalized spacial score (nSPS) is 15.3. The fraction of sp³-hybridized carbons (Fsp3) is 0.600. The summed E-state index contributed by atoms with van der Waals surface area (Å²) in [6.45, 7) is 7.99. The minimum Gasteiger partial charge on any atom is -0.324 e. The van der Waals surface area contributed by atoms with E-state index in [4.69, 9.17) is 5.73 Å². The van der Waals surface area contributed by atoms with E-state index in [2.05, 4.69) is 4.72 Å². The van der Waals surface area contributed by atoms with Crippen molar-refractivity contribution in [2.45, 2.75) is 57.5 Å². The molecule has 20 heavy (non-hydrogen) atoms. The van der Waals surface area contributed by atoms with Gasteiger partial charge in [-0.1, -0.05) is 39.8 Å². The number of sulfonamides is 1. The zero-order chi connectivity index (χ0) is 15.3. The Balaban J connectivity index is 3.03. The zero-order valence-corrected chi connectivity index (χ0v) is 13.6. The molecule has 5 heteroatoms. The van der Waals surface area contributed by atoms with E-state index in [0.29, 0.717) is 0 Å². The Morgan fingerprint density at radius 1 is 1.20 bits per heavy atom. The van der Waals surface area contributed by atoms with Crippen molar-refractivity contribution in [3.8, 4) is 0 Å². The van der Waals surface area contributed by atoms with Crippen LogP contribution in [0.15, 0.2) is 29.2 Å². The van der Waals surface area contributed by atoms with Crippen LogP contribution in [0.4, 0.5) is 0 Å². The summed E-state index contributed by atoms with van der Waals surface area (Å²) in [6.07, 6.45) is 1.55. The lowest BCUT2D eigenvalue weighted by molar-refractivity contribution is 0.437. The van der Waals surface area contributed by atoms with Crippen molar-refractivity contribution in [2.24, 2.45) is 11.7 Å². The van der Waals surface area contributed by atoms with Gasteiger partial charge < -0.3 is 5.73 Å². The molecule has 1 aromatic rings. The summed E-state index contributed by atoms with van der Waals surface area (Å²) >= 11 is 0. The molecule has 0 aromatic heterocycles.